The van der Waals surface area contributed by atoms with Gasteiger partial charge in [-0.05, 0) is 31.5 Å². The molecule has 1 heterocycles. The van der Waals surface area contributed by atoms with Crippen molar-refractivity contribution in [2.45, 2.75) is 19.9 Å². The molecule has 1 atom stereocenters. The van der Waals surface area contributed by atoms with E-state index in [0.29, 0.717) is 11.6 Å². The van der Waals surface area contributed by atoms with E-state index in [-0.39, 0.29) is 6.04 Å². The summed E-state index contributed by atoms with van der Waals surface area (Å²) >= 11 is 5.90. The van der Waals surface area contributed by atoms with Gasteiger partial charge in [0.15, 0.2) is 0 Å². The van der Waals surface area contributed by atoms with Gasteiger partial charge in [-0.15, -0.1) is 0 Å². The van der Waals surface area contributed by atoms with Crippen molar-refractivity contribution in [2.75, 3.05) is 17.7 Å². The Morgan fingerprint density at radius 2 is 1.84 bits per heavy atom. The Balaban J connectivity index is 2.27. The van der Waals surface area contributed by atoms with Crippen molar-refractivity contribution in [1.82, 2.24) is 9.97 Å². The second kappa shape index (κ2) is 5.45. The van der Waals surface area contributed by atoms with Crippen molar-refractivity contribution in [3.63, 3.8) is 0 Å². The molecular weight excluding hydrogens is 260 g/mol. The van der Waals surface area contributed by atoms with Gasteiger partial charge < -0.3 is 10.6 Å². The topological polar surface area (TPSA) is 55.0 Å². The van der Waals surface area contributed by atoms with Crippen molar-refractivity contribution >= 4 is 23.2 Å². The summed E-state index contributed by atoms with van der Waals surface area (Å²) in [4.78, 5) is 10.6. The zero-order valence-corrected chi connectivity index (χ0v) is 12.0. The normalized spacial score (nSPS) is 12.2. The molecule has 0 fully saturated rings. The van der Waals surface area contributed by atoms with Crippen molar-refractivity contribution < 1.29 is 0 Å². The van der Waals surface area contributed by atoms with Gasteiger partial charge in [-0.25, -0.2) is 9.97 Å². The van der Waals surface area contributed by atoms with Gasteiger partial charge in [0.05, 0.1) is 6.04 Å². The molecule has 0 saturated heterocycles. The number of aryl methyl sites for hydroxylation is 1. The maximum absolute atomic E-state index is 5.90. The van der Waals surface area contributed by atoms with Gasteiger partial charge in [0.25, 0.3) is 0 Å². The summed E-state index contributed by atoms with van der Waals surface area (Å²) in [5, 5.41) is 0.737. The maximum atomic E-state index is 5.90. The lowest BCUT2D eigenvalue weighted by molar-refractivity contribution is 0.725. The van der Waals surface area contributed by atoms with E-state index in [2.05, 4.69) is 21.8 Å². The highest BCUT2D eigenvalue weighted by Crippen LogP contribution is 2.25. The molecule has 0 radical (unpaired) electrons. The third-order valence-electron chi connectivity index (χ3n) is 3.14. The Kier molecular flexibility index (Phi) is 3.90. The standard InChI is InChI=1S/C14H17ClN4/c1-9(11-4-6-12(15)7-5-11)19(3)14-8-13(16)17-10(2)18-14/h4-9H,1-3H3,(H2,16,17,18). The number of hydrogen-bond donors (Lipinski definition) is 1. The van der Waals surface area contributed by atoms with Gasteiger partial charge in [0.1, 0.15) is 17.5 Å². The van der Waals surface area contributed by atoms with Crippen LogP contribution in [0.4, 0.5) is 11.6 Å². The molecule has 0 bridgehead atoms. The number of nitrogens with zero attached hydrogens (tertiary/aromatic N) is 3. The van der Waals surface area contributed by atoms with E-state index in [1.165, 1.54) is 5.56 Å². The summed E-state index contributed by atoms with van der Waals surface area (Å²) in [7, 11) is 1.99. The molecule has 100 valence electrons. The molecule has 0 amide bonds. The first-order chi connectivity index (χ1) is 8.97. The second-order valence-electron chi connectivity index (χ2n) is 4.54. The molecule has 2 rings (SSSR count). The first-order valence-corrected chi connectivity index (χ1v) is 6.44. The van der Waals surface area contributed by atoms with Crippen molar-refractivity contribution in [3.05, 3.63) is 46.7 Å². The largest absolute Gasteiger partial charge is 0.384 e. The van der Waals surface area contributed by atoms with E-state index in [0.717, 1.165) is 10.8 Å². The number of hydrogen-bond acceptors (Lipinski definition) is 4. The van der Waals surface area contributed by atoms with Crippen LogP contribution in [0, 0.1) is 6.92 Å². The molecule has 1 aromatic heterocycles. The second-order valence-corrected chi connectivity index (χ2v) is 4.97. The average molecular weight is 277 g/mol. The molecule has 2 N–H and O–H groups in total. The number of anilines is 2. The molecule has 0 aliphatic heterocycles. The minimum atomic E-state index is 0.172. The zero-order chi connectivity index (χ0) is 14.0. The Morgan fingerprint density at radius 1 is 1.21 bits per heavy atom. The minimum absolute atomic E-state index is 0.172. The van der Waals surface area contributed by atoms with Crippen LogP contribution in [0.1, 0.15) is 24.4 Å². The highest BCUT2D eigenvalue weighted by molar-refractivity contribution is 6.30. The Labute approximate surface area is 118 Å². The van der Waals surface area contributed by atoms with Crippen LogP contribution >= 0.6 is 11.6 Å². The quantitative estimate of drug-likeness (QED) is 0.935. The lowest BCUT2D eigenvalue weighted by Gasteiger charge is -2.26. The van der Waals surface area contributed by atoms with Gasteiger partial charge in [-0.3, -0.25) is 0 Å². The SMILES string of the molecule is Cc1nc(N)cc(N(C)C(C)c2ccc(Cl)cc2)n1. The number of rotatable bonds is 3. The highest BCUT2D eigenvalue weighted by atomic mass is 35.5. The predicted octanol–water partition coefficient (Wildman–Crippen LogP) is 3.22. The first kappa shape index (κ1) is 13.6. The van der Waals surface area contributed by atoms with E-state index < -0.39 is 0 Å². The summed E-state index contributed by atoms with van der Waals surface area (Å²) in [6.45, 7) is 3.94. The Bertz CT molecular complexity index is 548. The molecule has 0 spiro atoms. The number of nitrogens with two attached hydrogens (primary N) is 1. The molecule has 1 aromatic carbocycles. The number of aromatic nitrogens is 2. The van der Waals surface area contributed by atoms with E-state index >= 15 is 0 Å². The number of benzene rings is 1. The van der Waals surface area contributed by atoms with Gasteiger partial charge in [-0.1, -0.05) is 23.7 Å². The molecule has 5 heteroatoms. The Morgan fingerprint density at radius 3 is 2.42 bits per heavy atom. The molecule has 2 aromatic rings. The zero-order valence-electron chi connectivity index (χ0n) is 11.3. The fourth-order valence-corrected chi connectivity index (χ4v) is 2.04. The molecule has 0 aliphatic rings. The third-order valence-corrected chi connectivity index (χ3v) is 3.39. The third kappa shape index (κ3) is 3.15. The van der Waals surface area contributed by atoms with E-state index in [1.807, 2.05) is 38.2 Å². The fraction of sp³-hybridized carbons (Fsp3) is 0.286. The van der Waals surface area contributed by atoms with Crippen LogP contribution in [0.25, 0.3) is 0 Å². The van der Waals surface area contributed by atoms with Crippen LogP contribution in [0.3, 0.4) is 0 Å². The summed E-state index contributed by atoms with van der Waals surface area (Å²) in [6.07, 6.45) is 0. The van der Waals surface area contributed by atoms with Crippen LogP contribution in [0.2, 0.25) is 5.02 Å². The number of halogens is 1. The lowest BCUT2D eigenvalue weighted by atomic mass is 10.1. The fourth-order valence-electron chi connectivity index (χ4n) is 1.92. The van der Waals surface area contributed by atoms with Crippen LogP contribution in [0.5, 0.6) is 0 Å². The van der Waals surface area contributed by atoms with Crippen molar-refractivity contribution in [3.8, 4) is 0 Å². The highest BCUT2D eigenvalue weighted by Gasteiger charge is 2.14. The average Bonchev–Trinajstić information content (AvgIpc) is 2.37. The molecule has 0 saturated carbocycles. The van der Waals surface area contributed by atoms with E-state index in [1.54, 1.807) is 6.07 Å². The van der Waals surface area contributed by atoms with E-state index in [4.69, 9.17) is 17.3 Å². The van der Waals surface area contributed by atoms with Crippen LogP contribution in [-0.4, -0.2) is 17.0 Å². The summed E-state index contributed by atoms with van der Waals surface area (Å²) in [6, 6.07) is 9.76. The van der Waals surface area contributed by atoms with E-state index in [9.17, 15) is 0 Å². The summed E-state index contributed by atoms with van der Waals surface area (Å²) in [5.74, 6) is 1.97. The predicted molar refractivity (Wildman–Crippen MR) is 79.5 cm³/mol. The van der Waals surface area contributed by atoms with Gasteiger partial charge in [0.2, 0.25) is 0 Å². The first-order valence-electron chi connectivity index (χ1n) is 6.07. The van der Waals surface area contributed by atoms with Gasteiger partial charge >= 0.3 is 0 Å². The van der Waals surface area contributed by atoms with Gasteiger partial charge in [0, 0.05) is 18.1 Å². The lowest BCUT2D eigenvalue weighted by Crippen LogP contribution is -2.23. The molecule has 1 unspecified atom stereocenters. The minimum Gasteiger partial charge on any atom is -0.384 e. The van der Waals surface area contributed by atoms with Crippen LogP contribution in [0.15, 0.2) is 30.3 Å². The molecule has 19 heavy (non-hydrogen) atoms. The maximum Gasteiger partial charge on any atom is 0.134 e. The molecule has 0 aliphatic carbocycles. The van der Waals surface area contributed by atoms with Crippen LogP contribution < -0.4 is 10.6 Å². The van der Waals surface area contributed by atoms with Crippen molar-refractivity contribution in [2.24, 2.45) is 0 Å². The Hall–Kier alpha value is -1.81. The molecular formula is C14H17ClN4. The smallest absolute Gasteiger partial charge is 0.134 e. The van der Waals surface area contributed by atoms with Crippen molar-refractivity contribution in [1.29, 1.82) is 0 Å². The monoisotopic (exact) mass is 276 g/mol. The van der Waals surface area contributed by atoms with Gasteiger partial charge in [-0.2, -0.15) is 0 Å². The summed E-state index contributed by atoms with van der Waals surface area (Å²) < 4.78 is 0. The van der Waals surface area contributed by atoms with Crippen LogP contribution in [-0.2, 0) is 0 Å². The molecule has 4 nitrogen and oxygen atoms in total. The number of nitrogen functional groups attached to an aromatic ring is 1. The summed E-state index contributed by atoms with van der Waals surface area (Å²) in [5.41, 5.74) is 6.93.